The molecule has 0 fully saturated rings. The van der Waals surface area contributed by atoms with Crippen molar-refractivity contribution in [2.45, 2.75) is 39.3 Å². The van der Waals surface area contributed by atoms with Crippen LogP contribution in [0.15, 0.2) is 0 Å². The Morgan fingerprint density at radius 2 is 2.19 bits per heavy atom. The van der Waals surface area contributed by atoms with Crippen LogP contribution in [-0.4, -0.2) is 18.6 Å². The van der Waals surface area contributed by atoms with Crippen LogP contribution < -0.4 is 4.90 Å². The third kappa shape index (κ3) is 2.91. The van der Waals surface area contributed by atoms with E-state index in [1.165, 1.54) is 6.92 Å². The van der Waals surface area contributed by atoms with Gasteiger partial charge >= 0.3 is 12.1 Å². The molecule has 0 unspecified atom stereocenters. The van der Waals surface area contributed by atoms with E-state index in [1.807, 2.05) is 6.07 Å². The van der Waals surface area contributed by atoms with E-state index in [4.69, 9.17) is 0 Å². The van der Waals surface area contributed by atoms with Crippen molar-refractivity contribution in [2.24, 2.45) is 5.92 Å². The van der Waals surface area contributed by atoms with E-state index in [0.717, 1.165) is 34.6 Å². The van der Waals surface area contributed by atoms with Crippen LogP contribution >= 0.6 is 11.3 Å². The SMILES string of the molecule is CCN(C(=O)C(F)(F)F)c1sc2c(c1C#N)CC[C@H](C)C2. The second-order valence-corrected chi connectivity index (χ2v) is 6.27. The van der Waals surface area contributed by atoms with Crippen LogP contribution in [-0.2, 0) is 17.6 Å². The summed E-state index contributed by atoms with van der Waals surface area (Å²) in [4.78, 5) is 13.2. The number of rotatable bonds is 2. The molecule has 1 heterocycles. The third-order valence-corrected chi connectivity index (χ3v) is 4.93. The summed E-state index contributed by atoms with van der Waals surface area (Å²) < 4.78 is 38.1. The molecule has 0 saturated carbocycles. The number of hydrogen-bond donors (Lipinski definition) is 0. The molecule has 1 aromatic rings. The zero-order valence-electron chi connectivity index (χ0n) is 11.8. The maximum absolute atomic E-state index is 12.7. The summed E-state index contributed by atoms with van der Waals surface area (Å²) in [5.41, 5.74) is 1.06. The van der Waals surface area contributed by atoms with Gasteiger partial charge in [-0.2, -0.15) is 18.4 Å². The van der Waals surface area contributed by atoms with E-state index in [1.54, 1.807) is 0 Å². The Hall–Kier alpha value is -1.55. The molecular formula is C14H15F3N2OS. The molecule has 2 rings (SSSR count). The molecular weight excluding hydrogens is 301 g/mol. The van der Waals surface area contributed by atoms with Gasteiger partial charge in [-0.1, -0.05) is 6.92 Å². The van der Waals surface area contributed by atoms with Crippen LogP contribution in [0, 0.1) is 17.2 Å². The molecule has 1 amide bonds. The zero-order valence-corrected chi connectivity index (χ0v) is 12.6. The van der Waals surface area contributed by atoms with Gasteiger partial charge in [-0.05, 0) is 37.7 Å². The van der Waals surface area contributed by atoms with E-state index in [9.17, 15) is 23.2 Å². The van der Waals surface area contributed by atoms with Crippen LogP contribution in [0.2, 0.25) is 0 Å². The van der Waals surface area contributed by atoms with Crippen molar-refractivity contribution in [1.29, 1.82) is 5.26 Å². The molecule has 0 spiro atoms. The van der Waals surface area contributed by atoms with E-state index in [0.29, 0.717) is 17.2 Å². The van der Waals surface area contributed by atoms with Gasteiger partial charge in [0.15, 0.2) is 0 Å². The number of carbonyl (C=O) groups is 1. The maximum atomic E-state index is 12.7. The molecule has 0 radical (unpaired) electrons. The zero-order chi connectivity index (χ0) is 15.8. The number of amides is 1. The van der Waals surface area contributed by atoms with Crippen molar-refractivity contribution in [3.05, 3.63) is 16.0 Å². The van der Waals surface area contributed by atoms with Crippen LogP contribution in [0.3, 0.4) is 0 Å². The van der Waals surface area contributed by atoms with Gasteiger partial charge in [0, 0.05) is 11.4 Å². The van der Waals surface area contributed by atoms with Gasteiger partial charge in [-0.25, -0.2) is 0 Å². The summed E-state index contributed by atoms with van der Waals surface area (Å²) in [6.45, 7) is 3.45. The van der Waals surface area contributed by atoms with E-state index >= 15 is 0 Å². The fraction of sp³-hybridized carbons (Fsp3) is 0.571. The number of halogens is 3. The first-order chi connectivity index (χ1) is 9.79. The van der Waals surface area contributed by atoms with Crippen molar-refractivity contribution < 1.29 is 18.0 Å². The fourth-order valence-electron chi connectivity index (χ4n) is 2.57. The van der Waals surface area contributed by atoms with Crippen LogP contribution in [0.5, 0.6) is 0 Å². The molecule has 0 aliphatic heterocycles. The molecule has 1 aliphatic rings. The minimum atomic E-state index is -4.93. The lowest BCUT2D eigenvalue weighted by atomic mass is 9.88. The minimum absolute atomic E-state index is 0.109. The number of anilines is 1. The second-order valence-electron chi connectivity index (χ2n) is 5.19. The molecule has 1 aromatic heterocycles. The van der Waals surface area contributed by atoms with Gasteiger partial charge < -0.3 is 0 Å². The summed E-state index contributed by atoms with van der Waals surface area (Å²) in [6, 6.07) is 1.99. The van der Waals surface area contributed by atoms with Crippen LogP contribution in [0.4, 0.5) is 18.2 Å². The summed E-state index contributed by atoms with van der Waals surface area (Å²) >= 11 is 1.15. The molecule has 0 N–H and O–H groups in total. The monoisotopic (exact) mass is 316 g/mol. The van der Waals surface area contributed by atoms with Crippen LogP contribution in [0.25, 0.3) is 0 Å². The van der Waals surface area contributed by atoms with E-state index in [2.05, 4.69) is 6.92 Å². The first kappa shape index (κ1) is 15.8. The predicted molar refractivity (Wildman–Crippen MR) is 74.3 cm³/mol. The van der Waals surface area contributed by atoms with E-state index < -0.39 is 12.1 Å². The van der Waals surface area contributed by atoms with Crippen molar-refractivity contribution in [2.75, 3.05) is 11.4 Å². The lowest BCUT2D eigenvalue weighted by molar-refractivity contribution is -0.170. The highest BCUT2D eigenvalue weighted by Crippen LogP contribution is 2.41. The van der Waals surface area contributed by atoms with Crippen LogP contribution in [0.1, 0.15) is 36.3 Å². The third-order valence-electron chi connectivity index (χ3n) is 3.65. The van der Waals surface area contributed by atoms with Gasteiger partial charge in [-0.3, -0.25) is 9.69 Å². The summed E-state index contributed by atoms with van der Waals surface area (Å²) in [7, 11) is 0. The van der Waals surface area contributed by atoms with Crippen molar-refractivity contribution in [1.82, 2.24) is 0 Å². The average molecular weight is 316 g/mol. The number of fused-ring (bicyclic) bond motifs is 1. The maximum Gasteiger partial charge on any atom is 0.471 e. The highest BCUT2D eigenvalue weighted by molar-refractivity contribution is 7.16. The highest BCUT2D eigenvalue weighted by atomic mass is 32.1. The van der Waals surface area contributed by atoms with Crippen molar-refractivity contribution in [3.8, 4) is 6.07 Å². The fourth-order valence-corrected chi connectivity index (χ4v) is 4.10. The smallest absolute Gasteiger partial charge is 0.295 e. The molecule has 0 bridgehead atoms. The number of hydrogen-bond acceptors (Lipinski definition) is 3. The molecule has 21 heavy (non-hydrogen) atoms. The normalized spacial score (nSPS) is 18.0. The summed E-state index contributed by atoms with van der Waals surface area (Å²) in [5.74, 6) is -1.46. The lowest BCUT2D eigenvalue weighted by Crippen LogP contribution is -2.41. The lowest BCUT2D eigenvalue weighted by Gasteiger charge is -2.20. The predicted octanol–water partition coefficient (Wildman–Crippen LogP) is 3.66. The molecule has 0 aromatic carbocycles. The first-order valence-corrected chi connectivity index (χ1v) is 7.54. The average Bonchev–Trinajstić information content (AvgIpc) is 2.75. The quantitative estimate of drug-likeness (QED) is 0.836. The first-order valence-electron chi connectivity index (χ1n) is 6.72. The van der Waals surface area contributed by atoms with Gasteiger partial charge in [-0.15, -0.1) is 11.3 Å². The Bertz CT molecular complexity index is 601. The molecule has 7 heteroatoms. The molecule has 3 nitrogen and oxygen atoms in total. The largest absolute Gasteiger partial charge is 0.471 e. The number of nitriles is 1. The van der Waals surface area contributed by atoms with E-state index in [-0.39, 0.29) is 17.1 Å². The van der Waals surface area contributed by atoms with Crippen molar-refractivity contribution >= 4 is 22.2 Å². The second kappa shape index (κ2) is 5.68. The standard InChI is InChI=1S/C14H15F3N2OS/c1-3-19(13(20)14(15,16)17)12-10(7-18)9-5-4-8(2)6-11(9)21-12/h8H,3-6H2,1-2H3/t8-/m0/s1. The molecule has 1 atom stereocenters. The molecule has 0 saturated heterocycles. The molecule has 1 aliphatic carbocycles. The Labute approximate surface area is 125 Å². The molecule has 114 valence electrons. The number of carbonyl (C=O) groups excluding carboxylic acids is 1. The summed E-state index contributed by atoms with van der Waals surface area (Å²) in [6.07, 6.45) is -2.57. The highest BCUT2D eigenvalue weighted by Gasteiger charge is 2.44. The van der Waals surface area contributed by atoms with Gasteiger partial charge in [0.05, 0.1) is 5.56 Å². The Balaban J connectivity index is 2.48. The summed E-state index contributed by atoms with van der Waals surface area (Å²) in [5, 5.41) is 9.44. The topological polar surface area (TPSA) is 44.1 Å². The van der Waals surface area contributed by atoms with Gasteiger partial charge in [0.2, 0.25) is 0 Å². The Morgan fingerprint density at radius 3 is 2.71 bits per heavy atom. The van der Waals surface area contributed by atoms with Gasteiger partial charge in [0.1, 0.15) is 11.1 Å². The Kier molecular flexibility index (Phi) is 4.28. The Morgan fingerprint density at radius 1 is 1.52 bits per heavy atom. The number of nitrogens with zero attached hydrogens (tertiary/aromatic N) is 2. The number of thiophene rings is 1. The minimum Gasteiger partial charge on any atom is -0.295 e. The van der Waals surface area contributed by atoms with Crippen molar-refractivity contribution in [3.63, 3.8) is 0 Å². The number of alkyl halides is 3. The van der Waals surface area contributed by atoms with Gasteiger partial charge in [0.25, 0.3) is 0 Å².